The fourth-order valence-corrected chi connectivity index (χ4v) is 2.95. The van der Waals surface area contributed by atoms with Crippen LogP contribution in [-0.2, 0) is 11.2 Å². The van der Waals surface area contributed by atoms with Crippen molar-refractivity contribution in [2.45, 2.75) is 33.2 Å². The lowest BCUT2D eigenvalue weighted by atomic mass is 9.95. The highest BCUT2D eigenvalue weighted by molar-refractivity contribution is 5.85. The predicted molar refractivity (Wildman–Crippen MR) is 109 cm³/mol. The predicted octanol–water partition coefficient (Wildman–Crippen LogP) is 3.73. The molecule has 2 rings (SSSR count). The Hall–Kier alpha value is -2.04. The van der Waals surface area contributed by atoms with Gasteiger partial charge in [-0.05, 0) is 43.5 Å². The van der Waals surface area contributed by atoms with Gasteiger partial charge < -0.3 is 15.8 Å². The third-order valence-corrected chi connectivity index (χ3v) is 4.34. The third-order valence-electron chi connectivity index (χ3n) is 4.34. The number of hydrogen-bond acceptors (Lipinski definition) is 3. The standard InChI is InChI=1S/C21H28N2O2.ClH/c1-14-8-15(2)10-17(9-14)11-20(23-21(24)16(3)13-22)18-6-5-7-19(12-18)25-4;/h5-10,12,16,20H,11,13,22H2,1-4H3,(H,23,24);1H. The second kappa shape index (κ2) is 10.2. The Morgan fingerprint density at radius 3 is 2.38 bits per heavy atom. The van der Waals surface area contributed by atoms with Crippen molar-refractivity contribution >= 4 is 18.3 Å². The molecule has 5 heteroatoms. The van der Waals surface area contributed by atoms with Crippen molar-refractivity contribution in [3.05, 3.63) is 64.7 Å². The van der Waals surface area contributed by atoms with Crippen molar-refractivity contribution in [2.75, 3.05) is 13.7 Å². The molecule has 2 atom stereocenters. The van der Waals surface area contributed by atoms with Crippen LogP contribution in [0.3, 0.4) is 0 Å². The molecule has 0 radical (unpaired) electrons. The SMILES string of the molecule is COc1cccc(C(Cc2cc(C)cc(C)c2)NC(=O)C(C)CN)c1.Cl. The Morgan fingerprint density at radius 2 is 1.81 bits per heavy atom. The van der Waals surface area contributed by atoms with Crippen molar-refractivity contribution in [3.63, 3.8) is 0 Å². The van der Waals surface area contributed by atoms with Gasteiger partial charge in [0.1, 0.15) is 5.75 Å². The van der Waals surface area contributed by atoms with E-state index in [1.807, 2.05) is 31.2 Å². The van der Waals surface area contributed by atoms with E-state index in [-0.39, 0.29) is 30.3 Å². The summed E-state index contributed by atoms with van der Waals surface area (Å²) >= 11 is 0. The monoisotopic (exact) mass is 376 g/mol. The number of halogens is 1. The van der Waals surface area contributed by atoms with Crippen LogP contribution < -0.4 is 15.8 Å². The molecule has 2 aromatic rings. The fraction of sp³-hybridized carbons (Fsp3) is 0.381. The Labute approximate surface area is 162 Å². The molecule has 1 amide bonds. The summed E-state index contributed by atoms with van der Waals surface area (Å²) in [4.78, 5) is 12.4. The molecule has 26 heavy (non-hydrogen) atoms. The van der Waals surface area contributed by atoms with Crippen LogP contribution in [0.25, 0.3) is 0 Å². The molecular formula is C21H29ClN2O2. The highest BCUT2D eigenvalue weighted by Gasteiger charge is 2.19. The van der Waals surface area contributed by atoms with Crippen LogP contribution >= 0.6 is 12.4 Å². The van der Waals surface area contributed by atoms with Gasteiger partial charge in [0.15, 0.2) is 0 Å². The van der Waals surface area contributed by atoms with Gasteiger partial charge >= 0.3 is 0 Å². The first kappa shape index (κ1) is 22.0. The summed E-state index contributed by atoms with van der Waals surface area (Å²) in [5, 5.41) is 3.15. The molecular weight excluding hydrogens is 348 g/mol. The first-order valence-corrected chi connectivity index (χ1v) is 8.64. The number of methoxy groups -OCH3 is 1. The number of amides is 1. The second-order valence-electron chi connectivity index (χ2n) is 6.67. The molecule has 142 valence electrons. The molecule has 0 spiro atoms. The summed E-state index contributed by atoms with van der Waals surface area (Å²) < 4.78 is 5.33. The van der Waals surface area contributed by atoms with E-state index in [9.17, 15) is 4.79 Å². The molecule has 0 saturated heterocycles. The van der Waals surface area contributed by atoms with Crippen LogP contribution in [0.1, 0.15) is 35.2 Å². The maximum Gasteiger partial charge on any atom is 0.224 e. The number of rotatable bonds is 7. The quantitative estimate of drug-likeness (QED) is 0.773. The van der Waals surface area contributed by atoms with Gasteiger partial charge in [0.05, 0.1) is 13.2 Å². The Morgan fingerprint density at radius 1 is 1.15 bits per heavy atom. The summed E-state index contributed by atoms with van der Waals surface area (Å²) in [6, 6.07) is 14.2. The van der Waals surface area contributed by atoms with Gasteiger partial charge in [0.25, 0.3) is 0 Å². The summed E-state index contributed by atoms with van der Waals surface area (Å²) in [7, 11) is 1.65. The normalized spacial score (nSPS) is 12.7. The molecule has 0 aliphatic carbocycles. The van der Waals surface area contributed by atoms with Crippen LogP contribution in [0.5, 0.6) is 5.75 Å². The lowest BCUT2D eigenvalue weighted by Crippen LogP contribution is -2.36. The van der Waals surface area contributed by atoms with Gasteiger partial charge in [0, 0.05) is 12.5 Å². The third kappa shape index (κ3) is 6.04. The van der Waals surface area contributed by atoms with E-state index in [0.29, 0.717) is 6.54 Å². The average Bonchev–Trinajstić information content (AvgIpc) is 2.59. The number of aryl methyl sites for hydroxylation is 2. The van der Waals surface area contributed by atoms with Gasteiger partial charge in [-0.15, -0.1) is 12.4 Å². The van der Waals surface area contributed by atoms with E-state index in [2.05, 4.69) is 37.4 Å². The number of hydrogen-bond donors (Lipinski definition) is 2. The molecule has 0 aromatic heterocycles. The largest absolute Gasteiger partial charge is 0.497 e. The minimum atomic E-state index is -0.215. The van der Waals surface area contributed by atoms with Crippen LogP contribution in [0.2, 0.25) is 0 Å². The van der Waals surface area contributed by atoms with Crippen LogP contribution in [0, 0.1) is 19.8 Å². The molecule has 0 aliphatic rings. The number of carbonyl (C=O) groups excluding carboxylic acids is 1. The van der Waals surface area contributed by atoms with Crippen LogP contribution in [0.4, 0.5) is 0 Å². The lowest BCUT2D eigenvalue weighted by molar-refractivity contribution is -0.125. The number of nitrogens with one attached hydrogen (secondary N) is 1. The average molecular weight is 377 g/mol. The van der Waals surface area contributed by atoms with Gasteiger partial charge in [0.2, 0.25) is 5.91 Å². The Kier molecular flexibility index (Phi) is 8.62. The topological polar surface area (TPSA) is 64.3 Å². The smallest absolute Gasteiger partial charge is 0.224 e. The van der Waals surface area contributed by atoms with Crippen LogP contribution in [0.15, 0.2) is 42.5 Å². The van der Waals surface area contributed by atoms with E-state index < -0.39 is 0 Å². The summed E-state index contributed by atoms with van der Waals surface area (Å²) in [6.45, 7) is 6.35. The van der Waals surface area contributed by atoms with Crippen molar-refractivity contribution in [1.82, 2.24) is 5.32 Å². The van der Waals surface area contributed by atoms with Crippen LogP contribution in [-0.4, -0.2) is 19.6 Å². The summed E-state index contributed by atoms with van der Waals surface area (Å²) in [5.41, 5.74) is 10.3. The minimum absolute atomic E-state index is 0. The molecule has 0 aliphatic heterocycles. The van der Waals surface area contributed by atoms with Crippen molar-refractivity contribution in [1.29, 1.82) is 0 Å². The highest BCUT2D eigenvalue weighted by atomic mass is 35.5. The molecule has 0 heterocycles. The first-order chi connectivity index (χ1) is 11.9. The first-order valence-electron chi connectivity index (χ1n) is 8.64. The zero-order valence-electron chi connectivity index (χ0n) is 15.9. The molecule has 3 N–H and O–H groups in total. The van der Waals surface area contributed by atoms with E-state index in [1.165, 1.54) is 16.7 Å². The minimum Gasteiger partial charge on any atom is -0.497 e. The summed E-state index contributed by atoms with van der Waals surface area (Å²) in [5.74, 6) is 0.538. The number of carbonyl (C=O) groups is 1. The fourth-order valence-electron chi connectivity index (χ4n) is 2.95. The zero-order chi connectivity index (χ0) is 18.4. The zero-order valence-corrected chi connectivity index (χ0v) is 16.7. The lowest BCUT2D eigenvalue weighted by Gasteiger charge is -2.22. The number of ether oxygens (including phenoxy) is 1. The van der Waals surface area contributed by atoms with E-state index in [4.69, 9.17) is 10.5 Å². The Bertz CT molecular complexity index is 713. The van der Waals surface area contributed by atoms with Crippen molar-refractivity contribution < 1.29 is 9.53 Å². The molecule has 0 fully saturated rings. The number of benzene rings is 2. The van der Waals surface area contributed by atoms with Gasteiger partial charge in [-0.2, -0.15) is 0 Å². The number of nitrogens with two attached hydrogens (primary N) is 1. The molecule has 4 nitrogen and oxygen atoms in total. The second-order valence-corrected chi connectivity index (χ2v) is 6.67. The molecule has 2 aromatic carbocycles. The van der Waals surface area contributed by atoms with Crippen molar-refractivity contribution in [3.8, 4) is 5.75 Å². The molecule has 0 bridgehead atoms. The maximum atomic E-state index is 12.4. The maximum absolute atomic E-state index is 12.4. The van der Waals surface area contributed by atoms with E-state index in [0.717, 1.165) is 17.7 Å². The highest BCUT2D eigenvalue weighted by Crippen LogP contribution is 2.24. The van der Waals surface area contributed by atoms with Gasteiger partial charge in [-0.25, -0.2) is 0 Å². The van der Waals surface area contributed by atoms with E-state index >= 15 is 0 Å². The van der Waals surface area contributed by atoms with Gasteiger partial charge in [-0.1, -0.05) is 48.4 Å². The van der Waals surface area contributed by atoms with E-state index in [1.54, 1.807) is 7.11 Å². The molecule has 0 saturated carbocycles. The van der Waals surface area contributed by atoms with Crippen molar-refractivity contribution in [2.24, 2.45) is 11.7 Å². The van der Waals surface area contributed by atoms with Gasteiger partial charge in [-0.3, -0.25) is 4.79 Å². The Balaban J connectivity index is 0.00000338. The summed E-state index contributed by atoms with van der Waals surface area (Å²) in [6.07, 6.45) is 0.721. The molecule has 2 unspecified atom stereocenters.